The molecule has 0 atom stereocenters. The molecular weight excluding hydrogens is 252 g/mol. The quantitative estimate of drug-likeness (QED) is 0.765. The first-order valence-corrected chi connectivity index (χ1v) is 6.53. The first-order chi connectivity index (χ1) is 9.69. The molecule has 0 aliphatic carbocycles. The molecule has 0 amide bonds. The summed E-state index contributed by atoms with van der Waals surface area (Å²) in [7, 11) is 0. The molecule has 0 aliphatic rings. The van der Waals surface area contributed by atoms with Crippen molar-refractivity contribution in [3.8, 4) is 16.9 Å². The van der Waals surface area contributed by atoms with E-state index >= 15 is 0 Å². The van der Waals surface area contributed by atoms with E-state index in [0.717, 1.165) is 28.0 Å². The number of aromatic amines is 1. The lowest BCUT2D eigenvalue weighted by Crippen LogP contribution is -1.92. The van der Waals surface area contributed by atoms with Crippen LogP contribution in [0.2, 0.25) is 0 Å². The van der Waals surface area contributed by atoms with Gasteiger partial charge in [0.05, 0.1) is 12.0 Å². The zero-order valence-electron chi connectivity index (χ0n) is 11.5. The summed E-state index contributed by atoms with van der Waals surface area (Å²) in [5.41, 5.74) is 9.61. The van der Waals surface area contributed by atoms with Crippen molar-refractivity contribution in [2.75, 3.05) is 12.3 Å². The van der Waals surface area contributed by atoms with Crippen LogP contribution in [0.15, 0.2) is 30.3 Å². The van der Waals surface area contributed by atoms with Crippen LogP contribution in [0.5, 0.6) is 5.75 Å². The van der Waals surface area contributed by atoms with E-state index in [1.54, 1.807) is 0 Å². The number of aromatic nitrogens is 3. The average molecular weight is 268 g/mol. The lowest BCUT2D eigenvalue weighted by atomic mass is 10.0. The van der Waals surface area contributed by atoms with Crippen molar-refractivity contribution >= 4 is 16.9 Å². The van der Waals surface area contributed by atoms with Crippen molar-refractivity contribution in [3.63, 3.8) is 0 Å². The Hall–Kier alpha value is -2.56. The Morgan fingerprint density at radius 2 is 2.00 bits per heavy atom. The summed E-state index contributed by atoms with van der Waals surface area (Å²) in [5.74, 6) is 1.40. The van der Waals surface area contributed by atoms with Gasteiger partial charge in [-0.3, -0.25) is 5.10 Å². The number of benzene rings is 1. The van der Waals surface area contributed by atoms with Crippen LogP contribution < -0.4 is 10.5 Å². The number of aryl methyl sites for hydroxylation is 1. The van der Waals surface area contributed by atoms with Gasteiger partial charge in [-0.15, -0.1) is 0 Å². The molecule has 2 heterocycles. The third kappa shape index (κ3) is 2.07. The first kappa shape index (κ1) is 12.5. The summed E-state index contributed by atoms with van der Waals surface area (Å²) in [6, 6.07) is 9.97. The van der Waals surface area contributed by atoms with Crippen molar-refractivity contribution in [2.45, 2.75) is 13.8 Å². The highest BCUT2D eigenvalue weighted by Crippen LogP contribution is 2.32. The average Bonchev–Trinajstić information content (AvgIpc) is 2.81. The van der Waals surface area contributed by atoms with Gasteiger partial charge < -0.3 is 10.5 Å². The number of nitrogen functional groups attached to an aromatic ring is 1. The molecule has 20 heavy (non-hydrogen) atoms. The Balaban J connectivity index is 2.15. The number of nitrogens with two attached hydrogens (primary N) is 1. The Bertz CT molecular complexity index is 746. The predicted octanol–water partition coefficient (Wildman–Crippen LogP) is 2.91. The largest absolute Gasteiger partial charge is 0.494 e. The molecule has 0 saturated carbocycles. The van der Waals surface area contributed by atoms with E-state index in [2.05, 4.69) is 15.2 Å². The van der Waals surface area contributed by atoms with E-state index < -0.39 is 0 Å². The molecule has 0 saturated heterocycles. The summed E-state index contributed by atoms with van der Waals surface area (Å²) in [5, 5.41) is 7.77. The van der Waals surface area contributed by atoms with E-state index in [4.69, 9.17) is 10.5 Å². The monoisotopic (exact) mass is 268 g/mol. The molecule has 1 aromatic carbocycles. The van der Waals surface area contributed by atoms with Crippen LogP contribution in [0.25, 0.3) is 22.2 Å². The normalized spacial score (nSPS) is 10.9. The number of ether oxygens (including phenoxy) is 1. The summed E-state index contributed by atoms with van der Waals surface area (Å²) in [6.07, 6.45) is 0. The molecule has 3 aromatic rings. The number of rotatable bonds is 3. The molecule has 5 nitrogen and oxygen atoms in total. The molecule has 0 fully saturated rings. The van der Waals surface area contributed by atoms with Gasteiger partial charge in [-0.2, -0.15) is 5.10 Å². The fraction of sp³-hybridized carbons (Fsp3) is 0.200. The van der Waals surface area contributed by atoms with E-state index in [-0.39, 0.29) is 0 Å². The minimum atomic E-state index is 0.538. The maximum atomic E-state index is 5.96. The van der Waals surface area contributed by atoms with Crippen molar-refractivity contribution in [1.29, 1.82) is 0 Å². The van der Waals surface area contributed by atoms with Gasteiger partial charge in [-0.05, 0) is 43.2 Å². The molecular formula is C15H16N4O. The Labute approximate surface area is 116 Å². The van der Waals surface area contributed by atoms with Crippen LogP contribution in [0.1, 0.15) is 12.6 Å². The van der Waals surface area contributed by atoms with Crippen LogP contribution in [0.4, 0.5) is 5.82 Å². The molecule has 3 rings (SSSR count). The Kier molecular flexibility index (Phi) is 3.02. The SMILES string of the molecule is CCOc1ccc(-c2cc(C)nc3n[nH]c(N)c23)cc1. The van der Waals surface area contributed by atoms with Gasteiger partial charge in [-0.1, -0.05) is 12.1 Å². The number of pyridine rings is 1. The summed E-state index contributed by atoms with van der Waals surface area (Å²) in [6.45, 7) is 4.57. The predicted molar refractivity (Wildman–Crippen MR) is 79.6 cm³/mol. The summed E-state index contributed by atoms with van der Waals surface area (Å²) in [4.78, 5) is 4.38. The van der Waals surface area contributed by atoms with Crippen LogP contribution in [0.3, 0.4) is 0 Å². The number of fused-ring (bicyclic) bond motifs is 1. The number of anilines is 1. The third-order valence-electron chi connectivity index (χ3n) is 3.16. The maximum absolute atomic E-state index is 5.96. The highest BCUT2D eigenvalue weighted by molar-refractivity contribution is 5.99. The minimum absolute atomic E-state index is 0.538. The molecule has 0 bridgehead atoms. The molecule has 5 heteroatoms. The van der Waals surface area contributed by atoms with E-state index in [1.165, 1.54) is 0 Å². The van der Waals surface area contributed by atoms with Gasteiger partial charge in [0.25, 0.3) is 0 Å². The fourth-order valence-corrected chi connectivity index (χ4v) is 2.30. The highest BCUT2D eigenvalue weighted by atomic mass is 16.5. The van der Waals surface area contributed by atoms with Crippen molar-refractivity contribution in [1.82, 2.24) is 15.2 Å². The zero-order chi connectivity index (χ0) is 14.1. The number of hydrogen-bond acceptors (Lipinski definition) is 4. The number of hydrogen-bond donors (Lipinski definition) is 2. The summed E-state index contributed by atoms with van der Waals surface area (Å²) >= 11 is 0. The summed E-state index contributed by atoms with van der Waals surface area (Å²) < 4.78 is 5.46. The topological polar surface area (TPSA) is 76.8 Å². The van der Waals surface area contributed by atoms with Crippen LogP contribution in [0, 0.1) is 6.92 Å². The number of H-pyrrole nitrogens is 1. The Morgan fingerprint density at radius 3 is 2.70 bits per heavy atom. The van der Waals surface area contributed by atoms with Crippen LogP contribution in [-0.4, -0.2) is 21.8 Å². The van der Waals surface area contributed by atoms with Crippen LogP contribution >= 0.6 is 0 Å². The van der Waals surface area contributed by atoms with Crippen molar-refractivity contribution in [3.05, 3.63) is 36.0 Å². The van der Waals surface area contributed by atoms with E-state index in [1.807, 2.05) is 44.2 Å². The van der Waals surface area contributed by atoms with Gasteiger partial charge in [-0.25, -0.2) is 4.98 Å². The van der Waals surface area contributed by atoms with E-state index in [9.17, 15) is 0 Å². The second-order valence-electron chi connectivity index (χ2n) is 4.60. The van der Waals surface area contributed by atoms with Gasteiger partial charge >= 0.3 is 0 Å². The van der Waals surface area contributed by atoms with Gasteiger partial charge in [0.15, 0.2) is 5.65 Å². The van der Waals surface area contributed by atoms with Crippen molar-refractivity contribution in [2.24, 2.45) is 0 Å². The second kappa shape index (κ2) is 4.85. The number of nitrogens with zero attached hydrogens (tertiary/aromatic N) is 2. The lowest BCUT2D eigenvalue weighted by Gasteiger charge is -2.07. The Morgan fingerprint density at radius 1 is 1.25 bits per heavy atom. The van der Waals surface area contributed by atoms with E-state index in [0.29, 0.717) is 18.1 Å². The molecule has 0 spiro atoms. The molecule has 3 N–H and O–H groups in total. The minimum Gasteiger partial charge on any atom is -0.494 e. The fourth-order valence-electron chi connectivity index (χ4n) is 2.30. The zero-order valence-corrected chi connectivity index (χ0v) is 11.5. The second-order valence-corrected chi connectivity index (χ2v) is 4.60. The lowest BCUT2D eigenvalue weighted by molar-refractivity contribution is 0.340. The molecule has 2 aromatic heterocycles. The van der Waals surface area contributed by atoms with Gasteiger partial charge in [0.1, 0.15) is 11.6 Å². The first-order valence-electron chi connectivity index (χ1n) is 6.53. The van der Waals surface area contributed by atoms with Crippen LogP contribution in [-0.2, 0) is 0 Å². The van der Waals surface area contributed by atoms with Gasteiger partial charge in [0, 0.05) is 5.69 Å². The number of nitrogens with one attached hydrogen (secondary N) is 1. The maximum Gasteiger partial charge on any atom is 0.183 e. The molecule has 102 valence electrons. The van der Waals surface area contributed by atoms with Crippen molar-refractivity contribution < 1.29 is 4.74 Å². The standard InChI is InChI=1S/C15H16N4O/c1-3-20-11-6-4-10(5-7-11)12-8-9(2)17-15-13(12)14(16)18-19-15/h4-8H,3H2,1-2H3,(H3,16,17,18,19). The smallest absolute Gasteiger partial charge is 0.183 e. The highest BCUT2D eigenvalue weighted by Gasteiger charge is 2.12. The molecule has 0 aliphatic heterocycles. The van der Waals surface area contributed by atoms with Gasteiger partial charge in [0.2, 0.25) is 0 Å². The molecule has 0 radical (unpaired) electrons. The third-order valence-corrected chi connectivity index (χ3v) is 3.16. The molecule has 0 unspecified atom stereocenters.